The fourth-order valence-electron chi connectivity index (χ4n) is 2.81. The van der Waals surface area contributed by atoms with E-state index in [-0.39, 0.29) is 6.03 Å². The molecule has 0 unspecified atom stereocenters. The molecule has 0 aromatic carbocycles. The van der Waals surface area contributed by atoms with Crippen LogP contribution in [0.3, 0.4) is 0 Å². The van der Waals surface area contributed by atoms with Crippen molar-refractivity contribution in [3.8, 4) is 0 Å². The fraction of sp³-hybridized carbons (Fsp3) is 0.692. The van der Waals surface area contributed by atoms with E-state index in [4.69, 9.17) is 0 Å². The number of urea groups is 1. The van der Waals surface area contributed by atoms with Gasteiger partial charge in [-0.25, -0.2) is 9.78 Å². The Hall–Kier alpha value is -1.30. The van der Waals surface area contributed by atoms with E-state index in [0.717, 1.165) is 44.2 Å². The van der Waals surface area contributed by atoms with Gasteiger partial charge in [0.1, 0.15) is 0 Å². The van der Waals surface area contributed by atoms with Crippen LogP contribution in [0.2, 0.25) is 0 Å². The van der Waals surface area contributed by atoms with Crippen LogP contribution in [-0.2, 0) is 0 Å². The normalized spacial score (nSPS) is 20.8. The first-order valence-corrected chi connectivity index (χ1v) is 7.91. The monoisotopic (exact) mass is 280 g/mol. The Bertz CT molecular complexity index is 408. The smallest absolute Gasteiger partial charge is 0.317 e. The van der Waals surface area contributed by atoms with Gasteiger partial charge < -0.3 is 15.1 Å². The van der Waals surface area contributed by atoms with Gasteiger partial charge in [-0.05, 0) is 12.8 Å². The summed E-state index contributed by atoms with van der Waals surface area (Å²) in [6.45, 7) is 3.34. The van der Waals surface area contributed by atoms with Crippen molar-refractivity contribution in [1.82, 2.24) is 15.2 Å². The second kappa shape index (κ2) is 5.77. The average Bonchev–Trinajstić information content (AvgIpc) is 3.12. The summed E-state index contributed by atoms with van der Waals surface area (Å²) in [4.78, 5) is 20.6. The molecule has 1 saturated carbocycles. The lowest BCUT2D eigenvalue weighted by Crippen LogP contribution is -2.53. The van der Waals surface area contributed by atoms with Crippen molar-refractivity contribution in [3.05, 3.63) is 11.6 Å². The first kappa shape index (κ1) is 12.7. The second-order valence-corrected chi connectivity index (χ2v) is 6.09. The van der Waals surface area contributed by atoms with Gasteiger partial charge in [-0.1, -0.05) is 12.8 Å². The van der Waals surface area contributed by atoms with E-state index < -0.39 is 0 Å². The molecule has 2 aliphatic rings. The number of hydrogen-bond donors (Lipinski definition) is 1. The number of carbonyl (C=O) groups is 1. The number of carbonyl (C=O) groups excluding carboxylic acids is 1. The standard InChI is InChI=1S/C13H20N4OS/c18-12(15-11-3-1-2-4-11)16-6-8-17(9-7-16)13-14-5-10-19-13/h5,10-11H,1-4,6-9H2,(H,15,18). The number of anilines is 1. The molecule has 0 atom stereocenters. The summed E-state index contributed by atoms with van der Waals surface area (Å²) in [6, 6.07) is 0.523. The molecule has 0 spiro atoms. The largest absolute Gasteiger partial charge is 0.345 e. The van der Waals surface area contributed by atoms with Gasteiger partial charge in [0, 0.05) is 43.8 Å². The highest BCUT2D eigenvalue weighted by Gasteiger charge is 2.24. The SMILES string of the molecule is O=C(NC1CCCC1)N1CCN(c2nccs2)CC1. The number of rotatable bonds is 2. The number of nitrogens with one attached hydrogen (secondary N) is 1. The predicted octanol–water partition coefficient (Wildman–Crippen LogP) is 1.92. The summed E-state index contributed by atoms with van der Waals surface area (Å²) in [5.41, 5.74) is 0. The van der Waals surface area contributed by atoms with Crippen LogP contribution in [0.15, 0.2) is 11.6 Å². The lowest BCUT2D eigenvalue weighted by atomic mass is 10.2. The maximum atomic E-state index is 12.1. The van der Waals surface area contributed by atoms with Crippen LogP contribution in [0.4, 0.5) is 9.93 Å². The van der Waals surface area contributed by atoms with E-state index in [1.165, 1.54) is 12.8 Å². The minimum absolute atomic E-state index is 0.116. The van der Waals surface area contributed by atoms with Crippen LogP contribution in [0.25, 0.3) is 0 Å². The van der Waals surface area contributed by atoms with Gasteiger partial charge in [0.25, 0.3) is 0 Å². The van der Waals surface area contributed by atoms with Crippen LogP contribution in [0.5, 0.6) is 0 Å². The van der Waals surface area contributed by atoms with Gasteiger partial charge in [0.05, 0.1) is 0 Å². The van der Waals surface area contributed by atoms with Gasteiger partial charge in [-0.3, -0.25) is 0 Å². The Morgan fingerprint density at radius 3 is 2.63 bits per heavy atom. The second-order valence-electron chi connectivity index (χ2n) is 5.22. The van der Waals surface area contributed by atoms with Crippen LogP contribution < -0.4 is 10.2 Å². The minimum atomic E-state index is 0.116. The summed E-state index contributed by atoms with van der Waals surface area (Å²) >= 11 is 1.66. The number of thiazole rings is 1. The molecule has 2 amide bonds. The molecule has 6 heteroatoms. The zero-order chi connectivity index (χ0) is 13.1. The molecule has 104 valence electrons. The van der Waals surface area contributed by atoms with Crippen molar-refractivity contribution in [3.63, 3.8) is 0 Å². The highest BCUT2D eigenvalue weighted by atomic mass is 32.1. The summed E-state index contributed by atoms with van der Waals surface area (Å²) in [5, 5.41) is 6.21. The first-order valence-electron chi connectivity index (χ1n) is 7.03. The van der Waals surface area contributed by atoms with E-state index in [1.807, 2.05) is 16.5 Å². The maximum absolute atomic E-state index is 12.1. The zero-order valence-corrected chi connectivity index (χ0v) is 11.9. The average molecular weight is 280 g/mol. The Labute approximate surface area is 117 Å². The molecule has 19 heavy (non-hydrogen) atoms. The molecule has 0 bridgehead atoms. The number of aromatic nitrogens is 1. The molecular formula is C13H20N4OS. The van der Waals surface area contributed by atoms with E-state index in [0.29, 0.717) is 6.04 Å². The molecule has 0 radical (unpaired) electrons. The van der Waals surface area contributed by atoms with Gasteiger partial charge >= 0.3 is 6.03 Å². The molecule has 2 fully saturated rings. The third kappa shape index (κ3) is 3.00. The van der Waals surface area contributed by atoms with Gasteiger partial charge in [0.15, 0.2) is 5.13 Å². The van der Waals surface area contributed by atoms with Crippen molar-refractivity contribution in [2.24, 2.45) is 0 Å². The number of amides is 2. The molecule has 2 heterocycles. The lowest BCUT2D eigenvalue weighted by molar-refractivity contribution is 0.190. The van der Waals surface area contributed by atoms with E-state index in [2.05, 4.69) is 15.2 Å². The van der Waals surface area contributed by atoms with Crippen molar-refractivity contribution in [2.75, 3.05) is 31.1 Å². The van der Waals surface area contributed by atoms with Crippen LogP contribution in [0.1, 0.15) is 25.7 Å². The molecule has 5 nitrogen and oxygen atoms in total. The van der Waals surface area contributed by atoms with Crippen LogP contribution >= 0.6 is 11.3 Å². The minimum Gasteiger partial charge on any atom is -0.345 e. The quantitative estimate of drug-likeness (QED) is 0.900. The molecule has 1 aliphatic heterocycles. The maximum Gasteiger partial charge on any atom is 0.317 e. The zero-order valence-electron chi connectivity index (χ0n) is 11.0. The van der Waals surface area contributed by atoms with Crippen molar-refractivity contribution < 1.29 is 4.79 Å². The molecule has 1 N–H and O–H groups in total. The predicted molar refractivity (Wildman–Crippen MR) is 76.7 cm³/mol. The summed E-state index contributed by atoms with van der Waals surface area (Å²) in [7, 11) is 0. The van der Waals surface area contributed by atoms with Crippen LogP contribution in [0, 0.1) is 0 Å². The molecule has 1 aliphatic carbocycles. The molecular weight excluding hydrogens is 260 g/mol. The van der Waals surface area contributed by atoms with Gasteiger partial charge in [0.2, 0.25) is 0 Å². The highest BCUT2D eigenvalue weighted by Crippen LogP contribution is 2.20. The Kier molecular flexibility index (Phi) is 3.87. The van der Waals surface area contributed by atoms with Crippen molar-refractivity contribution in [2.45, 2.75) is 31.7 Å². The summed E-state index contributed by atoms with van der Waals surface area (Å²) in [5.74, 6) is 0. The Morgan fingerprint density at radius 2 is 2.00 bits per heavy atom. The Morgan fingerprint density at radius 1 is 1.26 bits per heavy atom. The number of hydrogen-bond acceptors (Lipinski definition) is 4. The fourth-order valence-corrected chi connectivity index (χ4v) is 3.51. The van der Waals surface area contributed by atoms with Crippen molar-refractivity contribution in [1.29, 1.82) is 0 Å². The van der Waals surface area contributed by atoms with E-state index in [9.17, 15) is 4.79 Å². The van der Waals surface area contributed by atoms with Gasteiger partial charge in [-0.2, -0.15) is 0 Å². The summed E-state index contributed by atoms with van der Waals surface area (Å²) in [6.07, 6.45) is 6.63. The molecule has 1 aromatic rings. The van der Waals surface area contributed by atoms with Crippen LogP contribution in [-0.4, -0.2) is 48.1 Å². The first-order chi connectivity index (χ1) is 9.33. The molecule has 1 saturated heterocycles. The number of piperazine rings is 1. The molecule has 1 aromatic heterocycles. The van der Waals surface area contributed by atoms with E-state index in [1.54, 1.807) is 11.3 Å². The van der Waals surface area contributed by atoms with Crippen molar-refractivity contribution >= 4 is 22.5 Å². The third-order valence-electron chi connectivity index (χ3n) is 3.94. The molecule has 3 rings (SSSR count). The summed E-state index contributed by atoms with van der Waals surface area (Å²) < 4.78 is 0. The lowest BCUT2D eigenvalue weighted by Gasteiger charge is -2.35. The van der Waals surface area contributed by atoms with E-state index >= 15 is 0 Å². The third-order valence-corrected chi connectivity index (χ3v) is 4.77. The van der Waals surface area contributed by atoms with Gasteiger partial charge in [-0.15, -0.1) is 11.3 Å². The highest BCUT2D eigenvalue weighted by molar-refractivity contribution is 7.13. The Balaban J connectivity index is 1.48. The number of nitrogens with zero attached hydrogens (tertiary/aromatic N) is 3. The topological polar surface area (TPSA) is 48.5 Å².